The summed E-state index contributed by atoms with van der Waals surface area (Å²) in [6.07, 6.45) is 7.11. The van der Waals surface area contributed by atoms with Crippen molar-refractivity contribution < 1.29 is 14.3 Å². The predicted octanol–water partition coefficient (Wildman–Crippen LogP) is 4.06. The molecule has 2 aliphatic rings. The fourth-order valence-electron chi connectivity index (χ4n) is 4.49. The number of aliphatic carboxylic acids is 1. The Balaban J connectivity index is 2.09. The topological polar surface area (TPSA) is 37.3 Å². The van der Waals surface area contributed by atoms with E-state index in [0.717, 1.165) is 49.7 Å². The molecule has 20 heavy (non-hydrogen) atoms. The number of carboxylic acid groups (broad SMARTS) is 1. The number of aryl methyl sites for hydroxylation is 1. The lowest BCUT2D eigenvalue weighted by Crippen LogP contribution is -2.43. The SMILES string of the molecule is O=C(O)CC1CCc2cccc(F)c2C12CCCCC2. The van der Waals surface area contributed by atoms with Gasteiger partial charge in [-0.3, -0.25) is 4.79 Å². The van der Waals surface area contributed by atoms with E-state index in [1.54, 1.807) is 12.1 Å². The van der Waals surface area contributed by atoms with Crippen molar-refractivity contribution in [1.29, 1.82) is 0 Å². The highest BCUT2D eigenvalue weighted by molar-refractivity contribution is 5.67. The fraction of sp³-hybridized carbons (Fsp3) is 0.588. The van der Waals surface area contributed by atoms with Crippen LogP contribution in [0.15, 0.2) is 18.2 Å². The first-order valence-corrected chi connectivity index (χ1v) is 7.63. The average molecular weight is 276 g/mol. The van der Waals surface area contributed by atoms with Crippen LogP contribution in [0.4, 0.5) is 4.39 Å². The van der Waals surface area contributed by atoms with Crippen LogP contribution in [-0.2, 0) is 16.6 Å². The zero-order valence-electron chi connectivity index (χ0n) is 11.7. The Bertz CT molecular complexity index is 518. The van der Waals surface area contributed by atoms with Crippen LogP contribution >= 0.6 is 0 Å². The zero-order chi connectivity index (χ0) is 14.2. The maximum atomic E-state index is 14.5. The summed E-state index contributed by atoms with van der Waals surface area (Å²) < 4.78 is 14.5. The number of halogens is 1. The molecule has 2 nitrogen and oxygen atoms in total. The van der Waals surface area contributed by atoms with Crippen molar-refractivity contribution in [2.45, 2.75) is 56.8 Å². The molecule has 1 aromatic carbocycles. The van der Waals surface area contributed by atoms with Crippen LogP contribution in [-0.4, -0.2) is 11.1 Å². The number of rotatable bonds is 2. The van der Waals surface area contributed by atoms with Crippen LogP contribution < -0.4 is 0 Å². The summed E-state index contributed by atoms with van der Waals surface area (Å²) in [5.41, 5.74) is 1.72. The highest BCUT2D eigenvalue weighted by Gasteiger charge is 2.46. The third-order valence-electron chi connectivity index (χ3n) is 5.31. The normalized spacial score (nSPS) is 24.4. The summed E-state index contributed by atoms with van der Waals surface area (Å²) in [6, 6.07) is 5.34. The van der Waals surface area contributed by atoms with Gasteiger partial charge in [0.25, 0.3) is 0 Å². The molecule has 1 spiro atoms. The van der Waals surface area contributed by atoms with Gasteiger partial charge >= 0.3 is 5.97 Å². The summed E-state index contributed by atoms with van der Waals surface area (Å²) in [6.45, 7) is 0. The van der Waals surface area contributed by atoms with Crippen molar-refractivity contribution in [3.8, 4) is 0 Å². The van der Waals surface area contributed by atoms with E-state index in [1.807, 2.05) is 6.07 Å². The van der Waals surface area contributed by atoms with Gasteiger partial charge in [-0.25, -0.2) is 4.39 Å². The van der Waals surface area contributed by atoms with E-state index >= 15 is 0 Å². The molecule has 0 amide bonds. The number of carbonyl (C=O) groups is 1. The second kappa shape index (κ2) is 5.19. The van der Waals surface area contributed by atoms with Gasteiger partial charge in [0.05, 0.1) is 0 Å². The van der Waals surface area contributed by atoms with Crippen LogP contribution in [0.1, 0.15) is 56.1 Å². The lowest BCUT2D eigenvalue weighted by atomic mass is 9.56. The Labute approximate surface area is 119 Å². The first-order chi connectivity index (χ1) is 9.63. The summed E-state index contributed by atoms with van der Waals surface area (Å²) in [4.78, 5) is 11.2. The minimum absolute atomic E-state index is 0.0877. The third kappa shape index (κ3) is 2.13. The third-order valence-corrected chi connectivity index (χ3v) is 5.31. The molecule has 108 valence electrons. The average Bonchev–Trinajstić information content (AvgIpc) is 2.43. The molecule has 0 saturated heterocycles. The van der Waals surface area contributed by atoms with Crippen molar-refractivity contribution in [1.82, 2.24) is 0 Å². The molecule has 1 aromatic rings. The Morgan fingerprint density at radius 2 is 2.05 bits per heavy atom. The van der Waals surface area contributed by atoms with Crippen molar-refractivity contribution >= 4 is 5.97 Å². The molecule has 0 aromatic heterocycles. The molecule has 3 rings (SSSR count). The summed E-state index contributed by atoms with van der Waals surface area (Å²) in [5, 5.41) is 9.20. The quantitative estimate of drug-likeness (QED) is 0.884. The summed E-state index contributed by atoms with van der Waals surface area (Å²) in [7, 11) is 0. The molecular formula is C17H21FO2. The van der Waals surface area contributed by atoms with Crippen LogP contribution in [0.3, 0.4) is 0 Å². The monoisotopic (exact) mass is 276 g/mol. The highest BCUT2D eigenvalue weighted by Crippen LogP contribution is 2.52. The molecule has 1 saturated carbocycles. The predicted molar refractivity (Wildman–Crippen MR) is 75.2 cm³/mol. The Kier molecular flexibility index (Phi) is 3.53. The van der Waals surface area contributed by atoms with Gasteiger partial charge in [0.15, 0.2) is 0 Å². The molecule has 1 N–H and O–H groups in total. The van der Waals surface area contributed by atoms with E-state index in [1.165, 1.54) is 6.42 Å². The van der Waals surface area contributed by atoms with Gasteiger partial charge in [-0.2, -0.15) is 0 Å². The molecule has 1 fully saturated rings. The summed E-state index contributed by atoms with van der Waals surface area (Å²) >= 11 is 0. The molecule has 1 unspecified atom stereocenters. The second-order valence-corrected chi connectivity index (χ2v) is 6.32. The van der Waals surface area contributed by atoms with E-state index in [9.17, 15) is 14.3 Å². The smallest absolute Gasteiger partial charge is 0.303 e. The maximum Gasteiger partial charge on any atom is 0.303 e. The number of benzene rings is 1. The lowest BCUT2D eigenvalue weighted by Gasteiger charge is -2.48. The highest BCUT2D eigenvalue weighted by atomic mass is 19.1. The molecule has 0 radical (unpaired) electrons. The Morgan fingerprint density at radius 1 is 1.30 bits per heavy atom. The minimum atomic E-state index is -0.750. The van der Waals surface area contributed by atoms with E-state index in [-0.39, 0.29) is 23.6 Å². The first kappa shape index (κ1) is 13.6. The van der Waals surface area contributed by atoms with E-state index in [4.69, 9.17) is 0 Å². The number of carboxylic acids is 1. The van der Waals surface area contributed by atoms with E-state index in [0.29, 0.717) is 0 Å². The number of fused-ring (bicyclic) bond motifs is 2. The standard InChI is InChI=1S/C17H21FO2/c18-14-6-4-5-12-7-8-13(11-15(19)20)17(16(12)14)9-2-1-3-10-17/h4-6,13H,1-3,7-11H2,(H,19,20). The van der Waals surface area contributed by atoms with Gasteiger partial charge in [-0.15, -0.1) is 0 Å². The van der Waals surface area contributed by atoms with Crippen LogP contribution in [0.25, 0.3) is 0 Å². The van der Waals surface area contributed by atoms with Gasteiger partial charge < -0.3 is 5.11 Å². The second-order valence-electron chi connectivity index (χ2n) is 6.32. The molecule has 2 aliphatic carbocycles. The maximum absolute atomic E-state index is 14.5. The molecule has 0 bridgehead atoms. The number of hydrogen-bond donors (Lipinski definition) is 1. The van der Waals surface area contributed by atoms with Gasteiger partial charge in [-0.1, -0.05) is 31.4 Å². The number of hydrogen-bond acceptors (Lipinski definition) is 1. The van der Waals surface area contributed by atoms with Crippen LogP contribution in [0, 0.1) is 11.7 Å². The van der Waals surface area contributed by atoms with E-state index < -0.39 is 5.97 Å². The van der Waals surface area contributed by atoms with Crippen LogP contribution in [0.5, 0.6) is 0 Å². The Hall–Kier alpha value is -1.38. The van der Waals surface area contributed by atoms with Gasteiger partial charge in [0.2, 0.25) is 0 Å². The molecule has 3 heteroatoms. The van der Waals surface area contributed by atoms with Crippen molar-refractivity contribution in [3.63, 3.8) is 0 Å². The molecule has 1 atom stereocenters. The lowest BCUT2D eigenvalue weighted by molar-refractivity contribution is -0.139. The van der Waals surface area contributed by atoms with Gasteiger partial charge in [0.1, 0.15) is 5.82 Å². The minimum Gasteiger partial charge on any atom is -0.481 e. The first-order valence-electron chi connectivity index (χ1n) is 7.63. The van der Waals surface area contributed by atoms with Crippen molar-refractivity contribution in [3.05, 3.63) is 35.1 Å². The van der Waals surface area contributed by atoms with Gasteiger partial charge in [0, 0.05) is 11.8 Å². The molecular weight excluding hydrogens is 255 g/mol. The van der Waals surface area contributed by atoms with Crippen molar-refractivity contribution in [2.24, 2.45) is 5.92 Å². The van der Waals surface area contributed by atoms with Crippen molar-refractivity contribution in [2.75, 3.05) is 0 Å². The molecule has 0 aliphatic heterocycles. The molecule has 0 heterocycles. The van der Waals surface area contributed by atoms with Crippen LogP contribution in [0.2, 0.25) is 0 Å². The van der Waals surface area contributed by atoms with Gasteiger partial charge in [-0.05, 0) is 48.8 Å². The fourth-order valence-corrected chi connectivity index (χ4v) is 4.49. The Morgan fingerprint density at radius 3 is 2.75 bits per heavy atom. The zero-order valence-corrected chi connectivity index (χ0v) is 11.7. The largest absolute Gasteiger partial charge is 0.481 e. The summed E-state index contributed by atoms with van der Waals surface area (Å²) in [5.74, 6) is -0.788. The van der Waals surface area contributed by atoms with E-state index in [2.05, 4.69) is 0 Å².